The minimum absolute atomic E-state index is 0.0374. The number of ether oxygens (including phenoxy) is 2. The normalized spacial score (nSPS) is 12.4. The van der Waals surface area contributed by atoms with Crippen molar-refractivity contribution in [3.05, 3.63) is 59.8 Å². The molecule has 0 fully saturated rings. The number of aromatic nitrogens is 2. The molecule has 0 saturated carbocycles. The van der Waals surface area contributed by atoms with Gasteiger partial charge in [-0.1, -0.05) is 0 Å². The van der Waals surface area contributed by atoms with Gasteiger partial charge in [-0.05, 0) is 50.2 Å². The van der Waals surface area contributed by atoms with Crippen molar-refractivity contribution >= 4 is 28.9 Å². The van der Waals surface area contributed by atoms with Crippen LogP contribution in [0.2, 0.25) is 0 Å². The van der Waals surface area contributed by atoms with Crippen molar-refractivity contribution in [3.63, 3.8) is 0 Å². The van der Waals surface area contributed by atoms with Gasteiger partial charge in [0, 0.05) is 34.8 Å². The summed E-state index contributed by atoms with van der Waals surface area (Å²) in [6, 6.07) is 14.8. The molecule has 28 heavy (non-hydrogen) atoms. The number of hydrogen-bond acceptors (Lipinski definition) is 7. The molecule has 7 nitrogen and oxygen atoms in total. The maximum atomic E-state index is 11.4. The van der Waals surface area contributed by atoms with E-state index in [2.05, 4.69) is 20.6 Å². The minimum atomic E-state index is 0.0374. The third kappa shape index (κ3) is 4.03. The second-order valence-electron chi connectivity index (χ2n) is 6.46. The number of ketones is 1. The number of Topliss-reactive ketones (excluding diaryl/α,β-unsaturated/α-hetero) is 1. The molecule has 0 unspecified atom stereocenters. The van der Waals surface area contributed by atoms with Crippen molar-refractivity contribution < 1.29 is 14.3 Å². The number of rotatable bonds is 5. The van der Waals surface area contributed by atoms with E-state index in [4.69, 9.17) is 9.47 Å². The van der Waals surface area contributed by atoms with Gasteiger partial charge in [0.15, 0.2) is 17.3 Å². The molecule has 0 amide bonds. The van der Waals surface area contributed by atoms with Crippen molar-refractivity contribution in [2.24, 2.45) is 0 Å². The Hall–Kier alpha value is -3.61. The molecule has 142 valence electrons. The molecule has 0 bridgehead atoms. The van der Waals surface area contributed by atoms with Crippen LogP contribution in [0, 0.1) is 6.92 Å². The van der Waals surface area contributed by atoms with E-state index >= 15 is 0 Å². The number of aryl methyl sites for hydroxylation is 1. The number of nitrogens with zero attached hydrogens (tertiary/aromatic N) is 2. The van der Waals surface area contributed by atoms with E-state index in [0.717, 1.165) is 22.8 Å². The number of anilines is 4. The Bertz CT molecular complexity index is 1020. The van der Waals surface area contributed by atoms with Crippen molar-refractivity contribution in [1.82, 2.24) is 9.97 Å². The van der Waals surface area contributed by atoms with Crippen molar-refractivity contribution in [1.29, 1.82) is 0 Å². The highest BCUT2D eigenvalue weighted by Crippen LogP contribution is 2.33. The van der Waals surface area contributed by atoms with E-state index in [9.17, 15) is 4.79 Å². The Morgan fingerprint density at radius 1 is 0.893 bits per heavy atom. The van der Waals surface area contributed by atoms with Crippen molar-refractivity contribution in [2.75, 3.05) is 23.8 Å². The number of fused-ring (bicyclic) bond motifs is 1. The zero-order valence-electron chi connectivity index (χ0n) is 15.7. The maximum Gasteiger partial charge on any atom is 0.229 e. The summed E-state index contributed by atoms with van der Waals surface area (Å²) in [5.74, 6) is 2.60. The summed E-state index contributed by atoms with van der Waals surface area (Å²) >= 11 is 0. The van der Waals surface area contributed by atoms with E-state index < -0.39 is 0 Å². The fourth-order valence-corrected chi connectivity index (χ4v) is 2.87. The van der Waals surface area contributed by atoms with E-state index in [1.165, 1.54) is 0 Å². The van der Waals surface area contributed by atoms with Crippen LogP contribution in [0.4, 0.5) is 23.1 Å². The van der Waals surface area contributed by atoms with Crippen LogP contribution in [0.3, 0.4) is 0 Å². The van der Waals surface area contributed by atoms with Crippen LogP contribution in [-0.4, -0.2) is 29.0 Å². The first-order valence-electron chi connectivity index (χ1n) is 8.97. The highest BCUT2D eigenvalue weighted by Gasteiger charge is 2.12. The quantitative estimate of drug-likeness (QED) is 0.644. The Balaban J connectivity index is 1.53. The molecule has 0 spiro atoms. The molecule has 4 rings (SSSR count). The smallest absolute Gasteiger partial charge is 0.229 e. The summed E-state index contributed by atoms with van der Waals surface area (Å²) in [6.07, 6.45) is 0. The lowest BCUT2D eigenvalue weighted by atomic mass is 10.1. The first-order chi connectivity index (χ1) is 13.6. The minimum Gasteiger partial charge on any atom is -0.486 e. The highest BCUT2D eigenvalue weighted by atomic mass is 16.6. The van der Waals surface area contributed by atoms with Crippen LogP contribution < -0.4 is 20.1 Å². The van der Waals surface area contributed by atoms with Gasteiger partial charge >= 0.3 is 0 Å². The third-order valence-electron chi connectivity index (χ3n) is 4.22. The van der Waals surface area contributed by atoms with Crippen LogP contribution in [-0.2, 0) is 0 Å². The van der Waals surface area contributed by atoms with Gasteiger partial charge in [-0.15, -0.1) is 0 Å². The van der Waals surface area contributed by atoms with Gasteiger partial charge in [0.1, 0.15) is 19.0 Å². The number of benzene rings is 2. The van der Waals surface area contributed by atoms with Crippen LogP contribution in [0.15, 0.2) is 48.5 Å². The van der Waals surface area contributed by atoms with Gasteiger partial charge in [-0.3, -0.25) is 4.79 Å². The molecule has 0 aliphatic carbocycles. The van der Waals surface area contributed by atoms with Crippen molar-refractivity contribution in [2.45, 2.75) is 13.8 Å². The lowest BCUT2D eigenvalue weighted by molar-refractivity contribution is 0.101. The first-order valence-corrected chi connectivity index (χ1v) is 8.97. The van der Waals surface area contributed by atoms with E-state index in [0.29, 0.717) is 36.3 Å². The van der Waals surface area contributed by atoms with Crippen LogP contribution in [0.1, 0.15) is 23.0 Å². The van der Waals surface area contributed by atoms with Crippen molar-refractivity contribution in [3.8, 4) is 11.5 Å². The van der Waals surface area contributed by atoms with Crippen LogP contribution in [0.25, 0.3) is 0 Å². The molecule has 3 aromatic rings. The number of hydrogen-bond donors (Lipinski definition) is 2. The van der Waals surface area contributed by atoms with E-state index in [1.807, 2.05) is 43.3 Å². The average Bonchev–Trinajstić information content (AvgIpc) is 2.68. The monoisotopic (exact) mass is 376 g/mol. The molecule has 1 aliphatic heterocycles. The fraction of sp³-hybridized carbons (Fsp3) is 0.190. The lowest BCUT2D eigenvalue weighted by Crippen LogP contribution is -2.15. The molecular weight excluding hydrogens is 356 g/mol. The summed E-state index contributed by atoms with van der Waals surface area (Å²) in [6.45, 7) is 4.55. The fourth-order valence-electron chi connectivity index (χ4n) is 2.87. The van der Waals surface area contributed by atoms with Crippen LogP contribution in [0.5, 0.6) is 11.5 Å². The second kappa shape index (κ2) is 7.56. The lowest BCUT2D eigenvalue weighted by Gasteiger charge is -2.19. The molecule has 7 heteroatoms. The molecule has 0 atom stereocenters. The predicted molar refractivity (Wildman–Crippen MR) is 107 cm³/mol. The molecular formula is C21H20N4O3. The van der Waals surface area contributed by atoms with Gasteiger partial charge in [0.05, 0.1) is 0 Å². The number of carbonyl (C=O) groups excluding carboxylic acids is 1. The maximum absolute atomic E-state index is 11.4. The Morgan fingerprint density at radius 2 is 1.61 bits per heavy atom. The Morgan fingerprint density at radius 3 is 2.36 bits per heavy atom. The predicted octanol–water partition coefficient (Wildman–Crippen LogP) is 4.25. The van der Waals surface area contributed by atoms with Gasteiger partial charge in [0.2, 0.25) is 5.95 Å². The third-order valence-corrected chi connectivity index (χ3v) is 4.22. The zero-order valence-corrected chi connectivity index (χ0v) is 15.7. The zero-order chi connectivity index (χ0) is 19.5. The SMILES string of the molecule is CC(=O)c1ccc(Nc2cc(C)nc(Nc3ccc4c(c3)OCCO4)n2)cc1. The largest absolute Gasteiger partial charge is 0.486 e. The molecule has 2 heterocycles. The van der Waals surface area contributed by atoms with Gasteiger partial charge in [-0.25, -0.2) is 4.98 Å². The molecule has 2 N–H and O–H groups in total. The van der Waals surface area contributed by atoms with Gasteiger partial charge < -0.3 is 20.1 Å². The topological polar surface area (TPSA) is 85.4 Å². The van der Waals surface area contributed by atoms with Gasteiger partial charge in [-0.2, -0.15) is 4.98 Å². The molecule has 0 saturated heterocycles. The number of carbonyl (C=O) groups is 1. The Kier molecular flexibility index (Phi) is 4.80. The summed E-state index contributed by atoms with van der Waals surface area (Å²) in [7, 11) is 0. The van der Waals surface area contributed by atoms with E-state index in [1.54, 1.807) is 19.1 Å². The Labute approximate surface area is 162 Å². The second-order valence-corrected chi connectivity index (χ2v) is 6.46. The molecule has 2 aromatic carbocycles. The summed E-state index contributed by atoms with van der Waals surface area (Å²) < 4.78 is 11.2. The highest BCUT2D eigenvalue weighted by molar-refractivity contribution is 5.94. The molecule has 0 radical (unpaired) electrons. The standard InChI is InChI=1S/C21H20N4O3/c1-13-11-20(23-16-5-3-15(4-6-16)14(2)26)25-21(22-13)24-17-7-8-18-19(12-17)28-10-9-27-18/h3-8,11-12H,9-10H2,1-2H3,(H2,22,23,24,25). The molecule has 1 aliphatic rings. The summed E-state index contributed by atoms with van der Waals surface area (Å²) in [4.78, 5) is 20.4. The van der Waals surface area contributed by atoms with E-state index in [-0.39, 0.29) is 5.78 Å². The van der Waals surface area contributed by atoms with Crippen LogP contribution >= 0.6 is 0 Å². The summed E-state index contributed by atoms with van der Waals surface area (Å²) in [5.41, 5.74) is 3.14. The first kappa shape index (κ1) is 17.8. The molecule has 1 aromatic heterocycles. The average molecular weight is 376 g/mol. The summed E-state index contributed by atoms with van der Waals surface area (Å²) in [5, 5.41) is 6.44. The van der Waals surface area contributed by atoms with Gasteiger partial charge in [0.25, 0.3) is 0 Å². The number of nitrogens with one attached hydrogen (secondary N) is 2.